The molecular weight excluding hydrogens is 453 g/mol. The van der Waals surface area contributed by atoms with Gasteiger partial charge in [-0.15, -0.1) is 24.0 Å². The van der Waals surface area contributed by atoms with Crippen LogP contribution in [0.3, 0.4) is 0 Å². The number of rotatable bonds is 9. The van der Waals surface area contributed by atoms with Crippen molar-refractivity contribution in [3.8, 4) is 0 Å². The summed E-state index contributed by atoms with van der Waals surface area (Å²) in [6.07, 6.45) is 2.20. The quantitative estimate of drug-likeness (QED) is 0.244. The van der Waals surface area contributed by atoms with Gasteiger partial charge in [-0.1, -0.05) is 18.2 Å². The zero-order chi connectivity index (χ0) is 18.8. The molecule has 7 heteroatoms. The van der Waals surface area contributed by atoms with Gasteiger partial charge < -0.3 is 20.0 Å². The third kappa shape index (κ3) is 8.19. The summed E-state index contributed by atoms with van der Waals surface area (Å²) in [6.45, 7) is 9.12. The van der Waals surface area contributed by atoms with Crippen molar-refractivity contribution in [3.63, 3.8) is 0 Å². The summed E-state index contributed by atoms with van der Waals surface area (Å²) >= 11 is 0. The summed E-state index contributed by atoms with van der Waals surface area (Å²) in [5.74, 6) is 2.31. The Labute approximate surface area is 179 Å². The Morgan fingerprint density at radius 1 is 1.15 bits per heavy atom. The van der Waals surface area contributed by atoms with E-state index in [1.807, 2.05) is 19.9 Å². The summed E-state index contributed by atoms with van der Waals surface area (Å²) in [5, 5.41) is 6.64. The van der Waals surface area contributed by atoms with Gasteiger partial charge in [-0.2, -0.15) is 0 Å². The Morgan fingerprint density at radius 3 is 2.52 bits per heavy atom. The molecule has 1 aromatic carbocycles. The van der Waals surface area contributed by atoms with Crippen LogP contribution in [0.2, 0.25) is 0 Å². The zero-order valence-electron chi connectivity index (χ0n) is 16.8. The lowest BCUT2D eigenvalue weighted by Crippen LogP contribution is -2.38. The third-order valence-corrected chi connectivity index (χ3v) is 4.20. The number of nitrogens with zero attached hydrogens (tertiary/aromatic N) is 3. The lowest BCUT2D eigenvalue weighted by molar-refractivity contribution is 0.472. The second kappa shape index (κ2) is 12.6. The predicted molar refractivity (Wildman–Crippen MR) is 123 cm³/mol. The molecule has 1 heterocycles. The Morgan fingerprint density at radius 2 is 1.89 bits per heavy atom. The number of halogens is 1. The van der Waals surface area contributed by atoms with Gasteiger partial charge in [-0.3, -0.25) is 0 Å². The number of guanidine groups is 1. The first kappa shape index (κ1) is 23.3. The van der Waals surface area contributed by atoms with Gasteiger partial charge in [-0.25, -0.2) is 9.98 Å². The van der Waals surface area contributed by atoms with Crippen molar-refractivity contribution in [2.45, 2.75) is 40.2 Å². The highest BCUT2D eigenvalue weighted by Crippen LogP contribution is 2.11. The van der Waals surface area contributed by atoms with Crippen LogP contribution in [0, 0.1) is 13.8 Å². The molecule has 2 rings (SSSR count). The number of para-hydroxylation sites is 1. The predicted octanol–water partition coefficient (Wildman–Crippen LogP) is 3.88. The number of hydrogen-bond acceptors (Lipinski definition) is 4. The Hall–Kier alpha value is -1.77. The van der Waals surface area contributed by atoms with Crippen molar-refractivity contribution in [2.24, 2.45) is 4.99 Å². The maximum absolute atomic E-state index is 5.57. The second-order valence-corrected chi connectivity index (χ2v) is 6.34. The summed E-state index contributed by atoms with van der Waals surface area (Å²) in [5.41, 5.74) is 2.18. The number of aromatic nitrogens is 1. The number of nitrogens with one attached hydrogen (secondary N) is 2. The molecule has 2 N–H and O–H groups in total. The van der Waals surface area contributed by atoms with Gasteiger partial charge >= 0.3 is 0 Å². The van der Waals surface area contributed by atoms with Crippen molar-refractivity contribution < 1.29 is 4.42 Å². The van der Waals surface area contributed by atoms with Crippen molar-refractivity contribution in [1.29, 1.82) is 0 Å². The van der Waals surface area contributed by atoms with E-state index in [1.165, 1.54) is 5.69 Å². The van der Waals surface area contributed by atoms with Gasteiger partial charge in [-0.05, 0) is 45.7 Å². The topological polar surface area (TPSA) is 65.7 Å². The molecule has 0 saturated heterocycles. The first-order valence-electron chi connectivity index (χ1n) is 9.31. The largest absolute Gasteiger partial charge is 0.444 e. The van der Waals surface area contributed by atoms with Crippen LogP contribution in [0.1, 0.15) is 37.1 Å². The van der Waals surface area contributed by atoms with E-state index in [0.29, 0.717) is 12.4 Å². The third-order valence-electron chi connectivity index (χ3n) is 4.20. The zero-order valence-corrected chi connectivity index (χ0v) is 19.1. The van der Waals surface area contributed by atoms with Crippen LogP contribution in [0.5, 0.6) is 0 Å². The highest BCUT2D eigenvalue weighted by Gasteiger charge is 2.05. The number of benzene rings is 1. The van der Waals surface area contributed by atoms with Crippen molar-refractivity contribution in [1.82, 2.24) is 15.6 Å². The van der Waals surface area contributed by atoms with Gasteiger partial charge in [0, 0.05) is 32.4 Å². The minimum atomic E-state index is 0. The van der Waals surface area contributed by atoms with Gasteiger partial charge in [0.1, 0.15) is 12.3 Å². The van der Waals surface area contributed by atoms with Crippen LogP contribution >= 0.6 is 24.0 Å². The summed E-state index contributed by atoms with van der Waals surface area (Å²) in [6, 6.07) is 10.5. The van der Waals surface area contributed by atoms with Crippen molar-refractivity contribution in [2.75, 3.05) is 31.6 Å². The van der Waals surface area contributed by atoms with E-state index < -0.39 is 0 Å². The van der Waals surface area contributed by atoms with Crippen LogP contribution in [0.4, 0.5) is 5.69 Å². The highest BCUT2D eigenvalue weighted by atomic mass is 127. The molecule has 0 bridgehead atoms. The fraction of sp³-hybridized carbons (Fsp3) is 0.500. The first-order valence-corrected chi connectivity index (χ1v) is 9.31. The summed E-state index contributed by atoms with van der Waals surface area (Å²) < 4.78 is 5.57. The van der Waals surface area contributed by atoms with Crippen LogP contribution < -0.4 is 15.5 Å². The fourth-order valence-electron chi connectivity index (χ4n) is 2.59. The standard InChI is InChI=1S/C20H31N5O.HI/c1-5-21-20(23-15-19-24-16(2)17(3)26-19)22-13-9-10-14-25(4)18-11-7-6-8-12-18;/h6-8,11-12H,5,9-10,13-15H2,1-4H3,(H2,21,22,23);1H. The second-order valence-electron chi connectivity index (χ2n) is 6.34. The van der Waals surface area contributed by atoms with Crippen LogP contribution in [0.25, 0.3) is 0 Å². The van der Waals surface area contributed by atoms with E-state index in [9.17, 15) is 0 Å². The molecule has 6 nitrogen and oxygen atoms in total. The molecular formula is C20H32IN5O. The molecule has 2 aromatic rings. The number of anilines is 1. The maximum Gasteiger partial charge on any atom is 0.216 e. The smallest absolute Gasteiger partial charge is 0.216 e. The van der Waals surface area contributed by atoms with E-state index in [0.717, 1.165) is 49.9 Å². The van der Waals surface area contributed by atoms with Crippen molar-refractivity contribution in [3.05, 3.63) is 47.7 Å². The SMILES string of the molecule is CCNC(=NCc1nc(C)c(C)o1)NCCCCN(C)c1ccccc1.I. The van der Waals surface area contributed by atoms with Gasteiger partial charge in [0.2, 0.25) is 5.89 Å². The maximum atomic E-state index is 5.57. The molecule has 1 aromatic heterocycles. The fourth-order valence-corrected chi connectivity index (χ4v) is 2.59. The molecule has 0 saturated carbocycles. The molecule has 0 atom stereocenters. The number of oxazole rings is 1. The first-order chi connectivity index (χ1) is 12.6. The lowest BCUT2D eigenvalue weighted by atomic mass is 10.2. The number of unbranched alkanes of at least 4 members (excludes halogenated alkanes) is 1. The number of aliphatic imine (C=N–C) groups is 1. The van der Waals surface area contributed by atoms with E-state index >= 15 is 0 Å². The van der Waals surface area contributed by atoms with E-state index in [-0.39, 0.29) is 24.0 Å². The Kier molecular flexibility index (Phi) is 10.8. The lowest BCUT2D eigenvalue weighted by Gasteiger charge is -2.19. The van der Waals surface area contributed by atoms with E-state index in [2.05, 4.69) is 63.7 Å². The molecule has 0 fully saturated rings. The van der Waals surface area contributed by atoms with Gasteiger partial charge in [0.05, 0.1) is 5.69 Å². The highest BCUT2D eigenvalue weighted by molar-refractivity contribution is 14.0. The monoisotopic (exact) mass is 485 g/mol. The van der Waals surface area contributed by atoms with E-state index in [1.54, 1.807) is 0 Å². The number of hydrogen-bond donors (Lipinski definition) is 2. The Bertz CT molecular complexity index is 667. The molecule has 0 aliphatic heterocycles. The molecule has 150 valence electrons. The molecule has 0 spiro atoms. The van der Waals surface area contributed by atoms with Gasteiger partial charge in [0.15, 0.2) is 5.96 Å². The molecule has 0 aliphatic carbocycles. The molecule has 27 heavy (non-hydrogen) atoms. The normalized spacial score (nSPS) is 11.0. The summed E-state index contributed by atoms with van der Waals surface area (Å²) in [4.78, 5) is 11.2. The average Bonchev–Trinajstić information content (AvgIpc) is 2.97. The van der Waals surface area contributed by atoms with E-state index in [4.69, 9.17) is 4.42 Å². The molecule has 0 amide bonds. The summed E-state index contributed by atoms with van der Waals surface area (Å²) in [7, 11) is 2.13. The van der Waals surface area contributed by atoms with Crippen LogP contribution in [-0.2, 0) is 6.54 Å². The minimum absolute atomic E-state index is 0. The molecule has 0 unspecified atom stereocenters. The van der Waals surface area contributed by atoms with Crippen LogP contribution in [0.15, 0.2) is 39.7 Å². The van der Waals surface area contributed by atoms with Crippen LogP contribution in [-0.4, -0.2) is 37.6 Å². The van der Waals surface area contributed by atoms with Crippen molar-refractivity contribution >= 4 is 35.6 Å². The average molecular weight is 485 g/mol. The minimum Gasteiger partial charge on any atom is -0.444 e. The molecule has 0 aliphatic rings. The van der Waals surface area contributed by atoms with Gasteiger partial charge in [0.25, 0.3) is 0 Å². The Balaban J connectivity index is 0.00000364. The number of aryl methyl sites for hydroxylation is 2. The molecule has 0 radical (unpaired) electrons.